The molecule has 3 heterocycles. The Balaban J connectivity index is 1.91. The van der Waals surface area contributed by atoms with Crippen LogP contribution < -0.4 is 11.1 Å². The zero-order valence-corrected chi connectivity index (χ0v) is 8.58. The Morgan fingerprint density at radius 2 is 2.35 bits per heavy atom. The van der Waals surface area contributed by atoms with Crippen molar-refractivity contribution in [1.29, 1.82) is 0 Å². The molecular formula is C8H8N8O. The van der Waals surface area contributed by atoms with Gasteiger partial charge in [0.15, 0.2) is 11.5 Å². The van der Waals surface area contributed by atoms with E-state index in [9.17, 15) is 0 Å². The molecule has 0 fully saturated rings. The van der Waals surface area contributed by atoms with Gasteiger partial charge >= 0.3 is 0 Å². The predicted molar refractivity (Wildman–Crippen MR) is 57.7 cm³/mol. The molecule has 4 N–H and O–H groups in total. The Bertz CT molecular complexity index is 630. The van der Waals surface area contributed by atoms with E-state index in [1.165, 1.54) is 6.39 Å². The van der Waals surface area contributed by atoms with Gasteiger partial charge in [0.25, 0.3) is 0 Å². The number of rotatable bonds is 3. The summed E-state index contributed by atoms with van der Waals surface area (Å²) in [6, 6.07) is 0. The van der Waals surface area contributed by atoms with Gasteiger partial charge in [-0.15, -0.1) is 0 Å². The van der Waals surface area contributed by atoms with E-state index in [4.69, 9.17) is 5.73 Å². The second-order valence-electron chi connectivity index (χ2n) is 3.26. The topological polar surface area (TPSA) is 131 Å². The number of aromatic nitrogens is 6. The lowest BCUT2D eigenvalue weighted by molar-refractivity contribution is 0.411. The number of nitrogens with zero attached hydrogens (tertiary/aromatic N) is 5. The summed E-state index contributed by atoms with van der Waals surface area (Å²) in [6.07, 6.45) is 2.88. The molecule has 0 aromatic carbocycles. The molecule has 9 nitrogen and oxygen atoms in total. The zero-order chi connectivity index (χ0) is 11.7. The number of nitrogen functional groups attached to an aromatic ring is 1. The molecular weight excluding hydrogens is 224 g/mol. The average Bonchev–Trinajstić information content (AvgIpc) is 2.95. The number of H-pyrrole nitrogens is 1. The van der Waals surface area contributed by atoms with Gasteiger partial charge < -0.3 is 15.6 Å². The molecule has 3 rings (SSSR count). The van der Waals surface area contributed by atoms with Gasteiger partial charge in [-0.25, -0.2) is 0 Å². The summed E-state index contributed by atoms with van der Waals surface area (Å²) in [6.45, 7) is 0.382. The molecule has 3 aromatic rings. The third-order valence-corrected chi connectivity index (χ3v) is 2.15. The first-order chi connectivity index (χ1) is 8.33. The van der Waals surface area contributed by atoms with E-state index in [1.54, 1.807) is 6.20 Å². The molecule has 0 bridgehead atoms. The highest BCUT2D eigenvalue weighted by atomic mass is 16.5. The summed E-state index contributed by atoms with van der Waals surface area (Å²) < 4.78 is 4.62. The smallest absolute Gasteiger partial charge is 0.224 e. The highest BCUT2D eigenvalue weighted by Crippen LogP contribution is 2.18. The van der Waals surface area contributed by atoms with Crippen LogP contribution in [-0.4, -0.2) is 30.3 Å². The first kappa shape index (κ1) is 9.51. The summed E-state index contributed by atoms with van der Waals surface area (Å²) in [7, 11) is 0. The summed E-state index contributed by atoms with van der Waals surface area (Å²) >= 11 is 0. The highest BCUT2D eigenvalue weighted by molar-refractivity contribution is 5.86. The van der Waals surface area contributed by atoms with E-state index in [2.05, 4.69) is 40.1 Å². The van der Waals surface area contributed by atoms with Gasteiger partial charge in [-0.1, -0.05) is 5.16 Å². The Morgan fingerprint density at radius 1 is 1.41 bits per heavy atom. The normalized spacial score (nSPS) is 10.8. The number of fused-ring (bicyclic) bond motifs is 1. The number of nitrogens with two attached hydrogens (primary N) is 1. The van der Waals surface area contributed by atoms with E-state index >= 15 is 0 Å². The van der Waals surface area contributed by atoms with Crippen LogP contribution in [-0.2, 0) is 6.54 Å². The van der Waals surface area contributed by atoms with E-state index in [1.807, 2.05) is 0 Å². The van der Waals surface area contributed by atoms with E-state index in [-0.39, 0.29) is 5.95 Å². The van der Waals surface area contributed by atoms with E-state index in [0.717, 1.165) is 5.39 Å². The van der Waals surface area contributed by atoms with Crippen LogP contribution in [0.1, 0.15) is 5.82 Å². The van der Waals surface area contributed by atoms with Crippen molar-refractivity contribution in [1.82, 2.24) is 30.3 Å². The minimum absolute atomic E-state index is 0.164. The van der Waals surface area contributed by atoms with E-state index < -0.39 is 0 Å². The van der Waals surface area contributed by atoms with Gasteiger partial charge in [0, 0.05) is 0 Å². The van der Waals surface area contributed by atoms with Crippen LogP contribution in [0.3, 0.4) is 0 Å². The molecule has 9 heteroatoms. The van der Waals surface area contributed by atoms with Crippen molar-refractivity contribution in [3.8, 4) is 0 Å². The molecule has 0 atom stereocenters. The van der Waals surface area contributed by atoms with Crippen molar-refractivity contribution in [2.24, 2.45) is 0 Å². The van der Waals surface area contributed by atoms with Gasteiger partial charge in [-0.3, -0.25) is 5.10 Å². The van der Waals surface area contributed by atoms with Crippen LogP contribution in [0, 0.1) is 0 Å². The van der Waals surface area contributed by atoms with Crippen molar-refractivity contribution < 1.29 is 4.52 Å². The Morgan fingerprint density at radius 3 is 3.18 bits per heavy atom. The van der Waals surface area contributed by atoms with E-state index in [0.29, 0.717) is 23.8 Å². The number of hydrogen-bond donors (Lipinski definition) is 3. The summed E-state index contributed by atoms with van der Waals surface area (Å²) in [4.78, 5) is 12.0. The third kappa shape index (κ3) is 1.73. The van der Waals surface area contributed by atoms with Crippen LogP contribution in [0.5, 0.6) is 0 Å². The maximum atomic E-state index is 5.57. The zero-order valence-electron chi connectivity index (χ0n) is 8.58. The van der Waals surface area contributed by atoms with Gasteiger partial charge in [0.1, 0.15) is 5.82 Å². The molecule has 17 heavy (non-hydrogen) atoms. The largest absolute Gasteiger partial charge is 0.368 e. The number of aromatic amines is 1. The van der Waals surface area contributed by atoms with Crippen molar-refractivity contribution in [3.63, 3.8) is 0 Å². The molecule has 0 aliphatic rings. The van der Waals surface area contributed by atoms with Crippen molar-refractivity contribution >= 4 is 22.8 Å². The van der Waals surface area contributed by atoms with Crippen LogP contribution in [0.25, 0.3) is 11.0 Å². The SMILES string of the molecule is Nc1nc(NCc2ncon2)c2cn[nH]c2n1. The first-order valence-electron chi connectivity index (χ1n) is 4.78. The minimum Gasteiger partial charge on any atom is -0.368 e. The fourth-order valence-corrected chi connectivity index (χ4v) is 1.42. The van der Waals surface area contributed by atoms with Crippen LogP contribution in [0.4, 0.5) is 11.8 Å². The molecule has 0 aliphatic carbocycles. The third-order valence-electron chi connectivity index (χ3n) is 2.15. The summed E-state index contributed by atoms with van der Waals surface area (Å²) in [5, 5.41) is 14.1. The molecule has 0 amide bonds. The van der Waals surface area contributed by atoms with Gasteiger partial charge in [-0.05, 0) is 0 Å². The molecule has 0 saturated heterocycles. The number of nitrogens with one attached hydrogen (secondary N) is 2. The number of anilines is 2. The van der Waals surface area contributed by atoms with Crippen LogP contribution in [0.2, 0.25) is 0 Å². The molecule has 86 valence electrons. The number of hydrogen-bond acceptors (Lipinski definition) is 8. The van der Waals surface area contributed by atoms with Gasteiger partial charge in [-0.2, -0.15) is 20.1 Å². The average molecular weight is 232 g/mol. The van der Waals surface area contributed by atoms with Crippen molar-refractivity contribution in [2.45, 2.75) is 6.54 Å². The maximum Gasteiger partial charge on any atom is 0.224 e. The van der Waals surface area contributed by atoms with Crippen LogP contribution >= 0.6 is 0 Å². The van der Waals surface area contributed by atoms with Crippen molar-refractivity contribution in [2.75, 3.05) is 11.1 Å². The van der Waals surface area contributed by atoms with Crippen molar-refractivity contribution in [3.05, 3.63) is 18.4 Å². The monoisotopic (exact) mass is 232 g/mol. The molecule has 0 aliphatic heterocycles. The van der Waals surface area contributed by atoms with Gasteiger partial charge in [0.2, 0.25) is 12.3 Å². The van der Waals surface area contributed by atoms with Crippen LogP contribution in [0.15, 0.2) is 17.1 Å². The standard InChI is InChI=1S/C8H8N8O/c9-8-13-6(4-1-12-15-7(4)14-8)10-2-5-11-3-17-16-5/h1,3H,2H2,(H4,9,10,12,13,14,15). The highest BCUT2D eigenvalue weighted by Gasteiger charge is 2.08. The fraction of sp³-hybridized carbons (Fsp3) is 0.125. The second-order valence-corrected chi connectivity index (χ2v) is 3.26. The lowest BCUT2D eigenvalue weighted by Crippen LogP contribution is -2.05. The second kappa shape index (κ2) is 3.70. The predicted octanol–water partition coefficient (Wildman–Crippen LogP) is -0.0698. The molecule has 0 spiro atoms. The Hall–Kier alpha value is -2.71. The Labute approximate surface area is 94.4 Å². The maximum absolute atomic E-state index is 5.57. The fourth-order valence-electron chi connectivity index (χ4n) is 1.42. The molecule has 0 radical (unpaired) electrons. The summed E-state index contributed by atoms with van der Waals surface area (Å²) in [5.74, 6) is 1.27. The quantitative estimate of drug-likeness (QED) is 0.571. The lowest BCUT2D eigenvalue weighted by atomic mass is 10.4. The van der Waals surface area contributed by atoms with Gasteiger partial charge in [0.05, 0.1) is 18.1 Å². The Kier molecular flexibility index (Phi) is 2.07. The first-order valence-corrected chi connectivity index (χ1v) is 4.78. The summed E-state index contributed by atoms with van der Waals surface area (Å²) in [5.41, 5.74) is 6.15. The molecule has 0 unspecified atom stereocenters. The minimum atomic E-state index is 0.164. The lowest BCUT2D eigenvalue weighted by Gasteiger charge is -2.04. The molecule has 3 aromatic heterocycles. The molecule has 0 saturated carbocycles.